The van der Waals surface area contributed by atoms with E-state index in [0.717, 1.165) is 18.0 Å². The molecular weight excluding hydrogens is 208 g/mol. The van der Waals surface area contributed by atoms with Gasteiger partial charge in [-0.3, -0.25) is 0 Å². The lowest BCUT2D eigenvalue weighted by Gasteiger charge is -2.47. The number of hydrogen-bond acceptors (Lipinski definition) is 2. The van der Waals surface area contributed by atoms with E-state index in [1.54, 1.807) is 0 Å². The second kappa shape index (κ2) is 5.27. The van der Waals surface area contributed by atoms with Crippen LogP contribution >= 0.6 is 0 Å². The van der Waals surface area contributed by atoms with Gasteiger partial charge in [-0.1, -0.05) is 12.8 Å². The minimum atomic E-state index is 0.895. The van der Waals surface area contributed by atoms with Gasteiger partial charge in [0.2, 0.25) is 0 Å². The van der Waals surface area contributed by atoms with Gasteiger partial charge >= 0.3 is 0 Å². The maximum Gasteiger partial charge on any atom is 0.0133 e. The third-order valence-electron chi connectivity index (χ3n) is 5.46. The van der Waals surface area contributed by atoms with E-state index in [9.17, 15) is 0 Å². The van der Waals surface area contributed by atoms with Crippen LogP contribution in [0.25, 0.3) is 0 Å². The van der Waals surface area contributed by atoms with E-state index in [-0.39, 0.29) is 0 Å². The van der Waals surface area contributed by atoms with Crippen LogP contribution in [-0.4, -0.2) is 48.6 Å². The van der Waals surface area contributed by atoms with Gasteiger partial charge in [0, 0.05) is 18.6 Å². The minimum absolute atomic E-state index is 0.895. The first-order chi connectivity index (χ1) is 8.34. The molecule has 3 aliphatic rings. The summed E-state index contributed by atoms with van der Waals surface area (Å²) in [5, 5.41) is 0. The van der Waals surface area contributed by atoms with Crippen molar-refractivity contribution in [2.45, 2.75) is 63.5 Å². The lowest BCUT2D eigenvalue weighted by atomic mass is 9.81. The summed E-state index contributed by atoms with van der Waals surface area (Å²) in [6, 6.07) is 1.85. The molecule has 2 nitrogen and oxygen atoms in total. The molecule has 2 heteroatoms. The second-order valence-corrected chi connectivity index (χ2v) is 6.53. The van der Waals surface area contributed by atoms with Crippen molar-refractivity contribution in [2.24, 2.45) is 5.92 Å². The van der Waals surface area contributed by atoms with E-state index in [0.29, 0.717) is 0 Å². The molecule has 2 unspecified atom stereocenters. The standard InChI is InChI=1S/C15H28N2/c1-16-10-4-3-7-15(16)13-8-9-14-6-2-5-11-17(14)12-13/h13-15H,2-12H2,1H3/t13?,14?,15-/m0/s1. The van der Waals surface area contributed by atoms with Crippen molar-refractivity contribution in [2.75, 3.05) is 26.7 Å². The highest BCUT2D eigenvalue weighted by atomic mass is 15.2. The zero-order chi connectivity index (χ0) is 11.7. The monoisotopic (exact) mass is 236 g/mol. The molecule has 0 aromatic carbocycles. The summed E-state index contributed by atoms with van der Waals surface area (Å²) in [6.07, 6.45) is 11.7. The Hall–Kier alpha value is -0.0800. The molecule has 0 aliphatic carbocycles. The molecule has 3 rings (SSSR count). The van der Waals surface area contributed by atoms with E-state index >= 15 is 0 Å². The van der Waals surface area contributed by atoms with Crippen LogP contribution in [0.15, 0.2) is 0 Å². The summed E-state index contributed by atoms with van der Waals surface area (Å²) in [6.45, 7) is 4.13. The number of rotatable bonds is 1. The largest absolute Gasteiger partial charge is 0.303 e. The first-order valence-electron chi connectivity index (χ1n) is 7.79. The van der Waals surface area contributed by atoms with Crippen molar-refractivity contribution < 1.29 is 0 Å². The molecule has 0 saturated carbocycles. The first kappa shape index (κ1) is 12.0. The topological polar surface area (TPSA) is 6.48 Å². The second-order valence-electron chi connectivity index (χ2n) is 6.53. The zero-order valence-corrected chi connectivity index (χ0v) is 11.4. The predicted molar refractivity (Wildman–Crippen MR) is 72.2 cm³/mol. The summed E-state index contributed by atoms with van der Waals surface area (Å²) in [4.78, 5) is 5.47. The maximum atomic E-state index is 2.82. The Labute approximate surface area is 106 Å². The normalized spacial score (nSPS) is 41.1. The number of piperidine rings is 3. The van der Waals surface area contributed by atoms with Gasteiger partial charge in [0.15, 0.2) is 0 Å². The van der Waals surface area contributed by atoms with Crippen LogP contribution in [0, 0.1) is 5.92 Å². The maximum absolute atomic E-state index is 2.82. The summed E-state index contributed by atoms with van der Waals surface area (Å²) < 4.78 is 0. The smallest absolute Gasteiger partial charge is 0.0133 e. The van der Waals surface area contributed by atoms with Gasteiger partial charge in [0.05, 0.1) is 0 Å². The Morgan fingerprint density at radius 2 is 1.65 bits per heavy atom. The van der Waals surface area contributed by atoms with Crippen molar-refractivity contribution in [1.82, 2.24) is 9.80 Å². The molecule has 98 valence electrons. The van der Waals surface area contributed by atoms with Gasteiger partial charge in [-0.15, -0.1) is 0 Å². The van der Waals surface area contributed by atoms with Gasteiger partial charge in [-0.2, -0.15) is 0 Å². The Balaban J connectivity index is 1.60. The van der Waals surface area contributed by atoms with Crippen LogP contribution in [0.3, 0.4) is 0 Å². The molecule has 3 heterocycles. The van der Waals surface area contributed by atoms with Gasteiger partial charge in [-0.25, -0.2) is 0 Å². The molecule has 3 saturated heterocycles. The van der Waals surface area contributed by atoms with E-state index in [4.69, 9.17) is 0 Å². The van der Waals surface area contributed by atoms with Gasteiger partial charge < -0.3 is 9.80 Å². The highest BCUT2D eigenvalue weighted by Gasteiger charge is 2.35. The summed E-state index contributed by atoms with van der Waals surface area (Å²) in [7, 11) is 2.35. The molecule has 3 fully saturated rings. The molecular formula is C15H28N2. The van der Waals surface area contributed by atoms with Crippen molar-refractivity contribution in [3.8, 4) is 0 Å². The summed E-state index contributed by atoms with van der Waals surface area (Å²) >= 11 is 0. The zero-order valence-electron chi connectivity index (χ0n) is 11.4. The molecule has 0 aromatic rings. The Morgan fingerprint density at radius 3 is 2.53 bits per heavy atom. The molecule has 17 heavy (non-hydrogen) atoms. The highest BCUT2D eigenvalue weighted by Crippen LogP contribution is 2.34. The third kappa shape index (κ3) is 2.53. The Kier molecular flexibility index (Phi) is 3.72. The van der Waals surface area contributed by atoms with E-state index in [1.807, 2.05) is 0 Å². The van der Waals surface area contributed by atoms with Gasteiger partial charge in [-0.05, 0) is 64.6 Å². The van der Waals surface area contributed by atoms with Crippen LogP contribution in [0.2, 0.25) is 0 Å². The van der Waals surface area contributed by atoms with Crippen LogP contribution in [-0.2, 0) is 0 Å². The van der Waals surface area contributed by atoms with Crippen LogP contribution in [0.1, 0.15) is 51.4 Å². The summed E-state index contributed by atoms with van der Waals surface area (Å²) in [5.74, 6) is 0.967. The van der Waals surface area contributed by atoms with Crippen LogP contribution in [0.5, 0.6) is 0 Å². The molecule has 0 amide bonds. The fraction of sp³-hybridized carbons (Fsp3) is 1.00. The Bertz CT molecular complexity index is 253. The SMILES string of the molecule is CN1CCCC[C@H]1C1CCC2CCCCN2C1. The van der Waals surface area contributed by atoms with Gasteiger partial charge in [0.1, 0.15) is 0 Å². The lowest BCUT2D eigenvalue weighted by molar-refractivity contribution is 0.0254. The fourth-order valence-electron chi connectivity index (χ4n) is 4.44. The quantitative estimate of drug-likeness (QED) is 0.691. The fourth-order valence-corrected chi connectivity index (χ4v) is 4.44. The summed E-state index contributed by atoms with van der Waals surface area (Å²) in [5.41, 5.74) is 0. The van der Waals surface area contributed by atoms with Crippen LogP contribution < -0.4 is 0 Å². The highest BCUT2D eigenvalue weighted by molar-refractivity contribution is 4.90. The van der Waals surface area contributed by atoms with Crippen LogP contribution in [0.4, 0.5) is 0 Å². The molecule has 3 atom stereocenters. The average molecular weight is 236 g/mol. The van der Waals surface area contributed by atoms with Crippen molar-refractivity contribution in [1.29, 1.82) is 0 Å². The molecule has 0 radical (unpaired) electrons. The number of likely N-dealkylation sites (tertiary alicyclic amines) is 1. The minimum Gasteiger partial charge on any atom is -0.303 e. The Morgan fingerprint density at radius 1 is 0.824 bits per heavy atom. The molecule has 0 N–H and O–H groups in total. The van der Waals surface area contributed by atoms with Gasteiger partial charge in [0.25, 0.3) is 0 Å². The molecule has 0 spiro atoms. The van der Waals surface area contributed by atoms with Crippen molar-refractivity contribution in [3.05, 3.63) is 0 Å². The number of fused-ring (bicyclic) bond motifs is 1. The van der Waals surface area contributed by atoms with Crippen molar-refractivity contribution in [3.63, 3.8) is 0 Å². The third-order valence-corrected chi connectivity index (χ3v) is 5.46. The number of hydrogen-bond donors (Lipinski definition) is 0. The first-order valence-corrected chi connectivity index (χ1v) is 7.79. The molecule has 0 aromatic heterocycles. The molecule has 3 aliphatic heterocycles. The van der Waals surface area contributed by atoms with E-state index in [2.05, 4.69) is 16.8 Å². The van der Waals surface area contributed by atoms with E-state index in [1.165, 1.54) is 71.0 Å². The van der Waals surface area contributed by atoms with Crippen molar-refractivity contribution >= 4 is 0 Å². The van der Waals surface area contributed by atoms with E-state index < -0.39 is 0 Å². The predicted octanol–water partition coefficient (Wildman–Crippen LogP) is 2.74. The average Bonchev–Trinajstić information content (AvgIpc) is 2.39. The molecule has 0 bridgehead atoms. The lowest BCUT2D eigenvalue weighted by Crippen LogP contribution is -2.52. The number of nitrogens with zero attached hydrogens (tertiary/aromatic N) is 2.